The van der Waals surface area contributed by atoms with Crippen LogP contribution in [0.5, 0.6) is 11.6 Å². The highest BCUT2D eigenvalue weighted by molar-refractivity contribution is 6.31. The molecule has 0 fully saturated rings. The lowest BCUT2D eigenvalue weighted by Crippen LogP contribution is -2.07. The number of benzene rings is 3. The maximum absolute atomic E-state index is 13.1. The van der Waals surface area contributed by atoms with Gasteiger partial charge in [-0.05, 0) is 41.1 Å². The van der Waals surface area contributed by atoms with Crippen molar-refractivity contribution < 1.29 is 17.9 Å². The average Bonchev–Trinajstić information content (AvgIpc) is 2.71. The van der Waals surface area contributed by atoms with Gasteiger partial charge in [-0.1, -0.05) is 41.9 Å². The molecule has 0 saturated carbocycles. The first-order valence-corrected chi connectivity index (χ1v) is 9.10. The third-order valence-electron chi connectivity index (χ3n) is 4.32. The van der Waals surface area contributed by atoms with Gasteiger partial charge in [0.15, 0.2) is 5.82 Å². The lowest BCUT2D eigenvalue weighted by molar-refractivity contribution is -0.137. The first-order valence-electron chi connectivity index (χ1n) is 8.72. The van der Waals surface area contributed by atoms with E-state index in [1.54, 1.807) is 6.07 Å². The van der Waals surface area contributed by atoms with Gasteiger partial charge in [-0.2, -0.15) is 18.2 Å². The van der Waals surface area contributed by atoms with Gasteiger partial charge in [-0.15, -0.1) is 0 Å². The molecule has 0 radical (unpaired) electrons. The van der Waals surface area contributed by atoms with Gasteiger partial charge in [0.1, 0.15) is 17.8 Å². The molecule has 0 atom stereocenters. The number of nitrogens with two attached hydrogens (primary N) is 1. The minimum Gasteiger partial charge on any atom is -0.437 e. The van der Waals surface area contributed by atoms with Crippen LogP contribution in [0.3, 0.4) is 0 Å². The Morgan fingerprint density at radius 3 is 2.47 bits per heavy atom. The summed E-state index contributed by atoms with van der Waals surface area (Å²) >= 11 is 5.65. The van der Waals surface area contributed by atoms with Crippen LogP contribution in [0.15, 0.2) is 67.0 Å². The summed E-state index contributed by atoms with van der Waals surface area (Å²) in [6.45, 7) is 0. The van der Waals surface area contributed by atoms with E-state index in [9.17, 15) is 13.2 Å². The molecular weight excluding hydrogens is 417 g/mol. The zero-order valence-electron chi connectivity index (χ0n) is 15.2. The molecule has 5 nitrogen and oxygen atoms in total. The molecule has 4 rings (SSSR count). The summed E-state index contributed by atoms with van der Waals surface area (Å²) in [5, 5.41) is 4.38. The molecule has 0 amide bonds. The number of fused-ring (bicyclic) bond motifs is 1. The molecule has 0 bridgehead atoms. The van der Waals surface area contributed by atoms with Crippen molar-refractivity contribution in [2.75, 3.05) is 11.1 Å². The fourth-order valence-electron chi connectivity index (χ4n) is 2.86. The minimum absolute atomic E-state index is 0.0502. The molecule has 152 valence electrons. The summed E-state index contributed by atoms with van der Waals surface area (Å²) in [5.41, 5.74) is 5.29. The van der Waals surface area contributed by atoms with Crippen LogP contribution in [0.1, 0.15) is 5.56 Å². The Kier molecular flexibility index (Phi) is 5.09. The third kappa shape index (κ3) is 4.08. The van der Waals surface area contributed by atoms with Gasteiger partial charge in [0, 0.05) is 5.69 Å². The summed E-state index contributed by atoms with van der Waals surface area (Å²) < 4.78 is 45.0. The Hall–Kier alpha value is -3.52. The number of nitrogens with zero attached hydrogens (tertiary/aromatic N) is 2. The smallest absolute Gasteiger partial charge is 0.417 e. The quantitative estimate of drug-likeness (QED) is 0.391. The second-order valence-corrected chi connectivity index (χ2v) is 6.78. The number of halogens is 4. The van der Waals surface area contributed by atoms with Crippen molar-refractivity contribution >= 4 is 39.6 Å². The SMILES string of the molecule is Nc1c(Nc2ccc(Cl)c(C(F)(F)F)c2)ncnc1Oc1ccc2ccccc2c1. The summed E-state index contributed by atoms with van der Waals surface area (Å²) in [6.07, 6.45) is -3.38. The van der Waals surface area contributed by atoms with Gasteiger partial charge >= 0.3 is 6.18 Å². The van der Waals surface area contributed by atoms with Crippen molar-refractivity contribution in [3.63, 3.8) is 0 Å². The van der Waals surface area contributed by atoms with E-state index in [1.165, 1.54) is 12.4 Å². The molecular formula is C21H14ClF3N4O. The molecule has 0 spiro atoms. The molecule has 0 aliphatic rings. The number of ether oxygens (including phenoxy) is 1. The monoisotopic (exact) mass is 430 g/mol. The highest BCUT2D eigenvalue weighted by atomic mass is 35.5. The summed E-state index contributed by atoms with van der Waals surface area (Å²) in [4.78, 5) is 8.03. The Morgan fingerprint density at radius 2 is 1.70 bits per heavy atom. The molecule has 0 saturated heterocycles. The highest BCUT2D eigenvalue weighted by Crippen LogP contribution is 2.38. The molecule has 1 heterocycles. The number of alkyl halides is 3. The number of aromatic nitrogens is 2. The molecule has 0 unspecified atom stereocenters. The van der Waals surface area contributed by atoms with E-state index in [2.05, 4.69) is 15.3 Å². The summed E-state index contributed by atoms with van der Waals surface area (Å²) in [5.74, 6) is 0.694. The first-order chi connectivity index (χ1) is 14.3. The van der Waals surface area contributed by atoms with Crippen LogP contribution >= 0.6 is 11.6 Å². The lowest BCUT2D eigenvalue weighted by Gasteiger charge is -2.14. The average molecular weight is 431 g/mol. The number of hydrogen-bond acceptors (Lipinski definition) is 5. The Balaban J connectivity index is 1.61. The van der Waals surface area contributed by atoms with E-state index in [0.29, 0.717) is 5.75 Å². The molecule has 3 aromatic carbocycles. The van der Waals surface area contributed by atoms with Crippen LogP contribution in [0.4, 0.5) is 30.4 Å². The van der Waals surface area contributed by atoms with E-state index in [-0.39, 0.29) is 23.1 Å². The van der Waals surface area contributed by atoms with Crippen LogP contribution in [-0.2, 0) is 6.18 Å². The van der Waals surface area contributed by atoms with Crippen LogP contribution in [-0.4, -0.2) is 9.97 Å². The van der Waals surface area contributed by atoms with Gasteiger partial charge in [0.25, 0.3) is 0 Å². The zero-order chi connectivity index (χ0) is 21.3. The largest absolute Gasteiger partial charge is 0.437 e. The van der Waals surface area contributed by atoms with Crippen LogP contribution in [0.25, 0.3) is 10.8 Å². The Bertz CT molecular complexity index is 1230. The van der Waals surface area contributed by atoms with Crippen molar-refractivity contribution in [2.45, 2.75) is 6.18 Å². The van der Waals surface area contributed by atoms with Crippen LogP contribution < -0.4 is 15.8 Å². The van der Waals surface area contributed by atoms with E-state index < -0.39 is 16.8 Å². The van der Waals surface area contributed by atoms with Crippen LogP contribution in [0, 0.1) is 0 Å². The molecule has 3 N–H and O–H groups in total. The summed E-state index contributed by atoms with van der Waals surface area (Å²) in [7, 11) is 0. The van der Waals surface area contributed by atoms with Crippen molar-refractivity contribution in [1.29, 1.82) is 0 Å². The highest BCUT2D eigenvalue weighted by Gasteiger charge is 2.33. The van der Waals surface area contributed by atoms with Gasteiger partial charge < -0.3 is 15.8 Å². The molecule has 0 aliphatic carbocycles. The van der Waals surface area contributed by atoms with Crippen molar-refractivity contribution in [3.8, 4) is 11.6 Å². The topological polar surface area (TPSA) is 73.1 Å². The third-order valence-corrected chi connectivity index (χ3v) is 4.65. The molecule has 0 aliphatic heterocycles. The van der Waals surface area contributed by atoms with Gasteiger partial charge in [-0.25, -0.2) is 4.98 Å². The number of hydrogen-bond donors (Lipinski definition) is 2. The van der Waals surface area contributed by atoms with E-state index in [4.69, 9.17) is 22.1 Å². The van der Waals surface area contributed by atoms with Crippen LogP contribution in [0.2, 0.25) is 5.02 Å². The second kappa shape index (κ2) is 7.72. The minimum atomic E-state index is -4.59. The Labute approximate surface area is 174 Å². The second-order valence-electron chi connectivity index (χ2n) is 6.37. The molecule has 9 heteroatoms. The van der Waals surface area contributed by atoms with Gasteiger partial charge in [0.2, 0.25) is 5.88 Å². The Morgan fingerprint density at radius 1 is 0.933 bits per heavy atom. The fraction of sp³-hybridized carbons (Fsp3) is 0.0476. The number of nitrogen functional groups attached to an aromatic ring is 1. The zero-order valence-corrected chi connectivity index (χ0v) is 16.0. The first kappa shape index (κ1) is 19.8. The van der Waals surface area contributed by atoms with E-state index in [0.717, 1.165) is 22.9 Å². The number of nitrogens with one attached hydrogen (secondary N) is 1. The number of anilines is 3. The maximum atomic E-state index is 13.1. The van der Waals surface area contributed by atoms with Gasteiger partial charge in [0.05, 0.1) is 10.6 Å². The van der Waals surface area contributed by atoms with Crippen molar-refractivity contribution in [2.24, 2.45) is 0 Å². The molecule has 30 heavy (non-hydrogen) atoms. The van der Waals surface area contributed by atoms with Gasteiger partial charge in [-0.3, -0.25) is 0 Å². The molecule has 4 aromatic rings. The fourth-order valence-corrected chi connectivity index (χ4v) is 3.08. The van der Waals surface area contributed by atoms with E-state index >= 15 is 0 Å². The predicted octanol–water partition coefficient (Wildman–Crippen LogP) is 6.42. The molecule has 1 aromatic heterocycles. The number of rotatable bonds is 4. The van der Waals surface area contributed by atoms with Crippen molar-refractivity contribution in [1.82, 2.24) is 9.97 Å². The predicted molar refractivity (Wildman–Crippen MR) is 110 cm³/mol. The summed E-state index contributed by atoms with van der Waals surface area (Å²) in [6, 6.07) is 16.7. The maximum Gasteiger partial charge on any atom is 0.417 e. The van der Waals surface area contributed by atoms with E-state index in [1.807, 2.05) is 36.4 Å². The standard InChI is InChI=1S/C21H14ClF3N4O/c22-17-8-6-14(10-16(17)21(23,24)25)29-19-18(26)20(28-11-27-19)30-15-7-5-12-3-1-2-4-13(12)9-15/h1-11H,26H2,(H,27,28,29). The normalized spacial score (nSPS) is 11.5. The van der Waals surface area contributed by atoms with Crippen molar-refractivity contribution in [3.05, 3.63) is 77.6 Å². The lowest BCUT2D eigenvalue weighted by atomic mass is 10.1.